The average molecular weight is 1190 g/mol. The Balaban J connectivity index is 0.000000233. The summed E-state index contributed by atoms with van der Waals surface area (Å²) in [5, 5.41) is 8.57. The van der Waals surface area contributed by atoms with E-state index in [0.29, 0.717) is 48.2 Å². The van der Waals surface area contributed by atoms with E-state index in [9.17, 15) is 28.8 Å². The zero-order chi connectivity index (χ0) is 62.4. The molecule has 0 aliphatic carbocycles. The predicted octanol–water partition coefficient (Wildman–Crippen LogP) is 12.5. The van der Waals surface area contributed by atoms with Gasteiger partial charge in [-0.2, -0.15) is 0 Å². The lowest BCUT2D eigenvalue weighted by Gasteiger charge is -2.03. The number of ether oxygens (including phenoxy) is 7. The summed E-state index contributed by atoms with van der Waals surface area (Å²) in [6.07, 6.45) is 4.04. The van der Waals surface area contributed by atoms with Gasteiger partial charge in [-0.15, -0.1) is 0 Å². The summed E-state index contributed by atoms with van der Waals surface area (Å²) in [6, 6.07) is 39.2. The first-order chi connectivity index (χ1) is 40.7. The molecule has 0 unspecified atom stereocenters. The minimum Gasteiger partial charge on any atom is -0.497 e. The van der Waals surface area contributed by atoms with Gasteiger partial charge < -0.3 is 58.2 Å². The SMILES string of the molecule is CCOC(=O)c1cc(C(=O)Cc2ccc(OC)cc2)c(C)[nH]1.CCOC(=O)c1cc(CCc2ccc(OC)cc2)c(C)[nH]1.CCOC(=O)c1ccc(C)[nH]1.COc1ccc(CC(=O)Cl)cc1.COc1ccc(CCc2cc(C(=O)O)[nH]c2C)cc1. The first-order valence-corrected chi connectivity index (χ1v) is 27.8. The molecule has 85 heavy (non-hydrogen) atoms. The second-order valence-electron chi connectivity index (χ2n) is 18.9. The lowest BCUT2D eigenvalue weighted by atomic mass is 10.0. The third kappa shape index (κ3) is 23.1. The Bertz CT molecular complexity index is 3370. The molecule has 0 aliphatic heterocycles. The fourth-order valence-corrected chi connectivity index (χ4v) is 8.38. The van der Waals surface area contributed by atoms with E-state index >= 15 is 0 Å². The minimum absolute atomic E-state index is 0.0468. The van der Waals surface area contributed by atoms with Crippen LogP contribution in [0.5, 0.6) is 23.0 Å². The number of carbonyl (C=O) groups is 6. The quantitative estimate of drug-likeness (QED) is 0.0183. The molecule has 4 aromatic heterocycles. The van der Waals surface area contributed by atoms with Gasteiger partial charge >= 0.3 is 23.9 Å². The molecule has 0 aliphatic rings. The highest BCUT2D eigenvalue weighted by Crippen LogP contribution is 2.21. The van der Waals surface area contributed by atoms with Crippen molar-refractivity contribution in [3.05, 3.63) is 212 Å². The number of aromatic carboxylic acids is 1. The number of carbonyl (C=O) groups excluding carboxylic acids is 5. The maximum absolute atomic E-state index is 12.4. The molecule has 8 aromatic rings. The van der Waals surface area contributed by atoms with Gasteiger partial charge in [0.1, 0.15) is 45.8 Å². The lowest BCUT2D eigenvalue weighted by molar-refractivity contribution is -0.111. The predicted molar refractivity (Wildman–Crippen MR) is 326 cm³/mol. The van der Waals surface area contributed by atoms with E-state index in [2.05, 4.69) is 32.1 Å². The highest BCUT2D eigenvalue weighted by Gasteiger charge is 2.18. The number of aryl methyl sites for hydroxylation is 8. The van der Waals surface area contributed by atoms with Crippen molar-refractivity contribution in [2.24, 2.45) is 0 Å². The summed E-state index contributed by atoms with van der Waals surface area (Å²) in [4.78, 5) is 79.9. The second kappa shape index (κ2) is 35.6. The van der Waals surface area contributed by atoms with Crippen LogP contribution in [0.2, 0.25) is 0 Å². The van der Waals surface area contributed by atoms with Crippen LogP contribution in [-0.2, 0) is 57.5 Å². The molecule has 18 nitrogen and oxygen atoms in total. The highest BCUT2D eigenvalue weighted by atomic mass is 35.5. The van der Waals surface area contributed by atoms with E-state index in [0.717, 1.165) is 88.0 Å². The maximum atomic E-state index is 12.4. The summed E-state index contributed by atoms with van der Waals surface area (Å²) in [7, 11) is 6.50. The Hall–Kier alpha value is -9.29. The Kier molecular flexibility index (Phi) is 28.6. The maximum Gasteiger partial charge on any atom is 0.354 e. The van der Waals surface area contributed by atoms with Gasteiger partial charge in [-0.25, -0.2) is 19.2 Å². The third-order valence-corrected chi connectivity index (χ3v) is 13.0. The molecule has 0 spiro atoms. The number of H-pyrrole nitrogens is 4. The first kappa shape index (κ1) is 68.2. The van der Waals surface area contributed by atoms with Crippen LogP contribution < -0.4 is 18.9 Å². The number of hydrogen-bond acceptors (Lipinski definition) is 13. The minimum atomic E-state index is -0.918. The first-order valence-electron chi connectivity index (χ1n) is 27.4. The van der Waals surface area contributed by atoms with Gasteiger partial charge in [0, 0.05) is 41.2 Å². The largest absolute Gasteiger partial charge is 0.497 e. The van der Waals surface area contributed by atoms with Crippen molar-refractivity contribution in [3.63, 3.8) is 0 Å². The van der Waals surface area contributed by atoms with Gasteiger partial charge in [-0.3, -0.25) is 9.59 Å². The van der Waals surface area contributed by atoms with E-state index in [1.807, 2.05) is 106 Å². The van der Waals surface area contributed by atoms with Crippen LogP contribution in [0.1, 0.15) is 129 Å². The van der Waals surface area contributed by atoms with Crippen molar-refractivity contribution < 1.29 is 67.0 Å². The number of nitrogens with one attached hydrogen (secondary N) is 4. The van der Waals surface area contributed by atoms with Gasteiger partial charge in [0.15, 0.2) is 5.78 Å². The molecule has 4 aromatic carbocycles. The Morgan fingerprint density at radius 3 is 1.12 bits per heavy atom. The smallest absolute Gasteiger partial charge is 0.354 e. The molecular formula is C66H77ClN4O14. The number of carboxylic acids is 1. The number of ketones is 1. The number of aromatic nitrogens is 4. The van der Waals surface area contributed by atoms with E-state index < -0.39 is 11.9 Å². The van der Waals surface area contributed by atoms with Crippen LogP contribution in [-0.4, -0.2) is 108 Å². The molecule has 0 bridgehead atoms. The van der Waals surface area contributed by atoms with Crippen molar-refractivity contribution in [1.82, 2.24) is 19.9 Å². The van der Waals surface area contributed by atoms with Crippen molar-refractivity contribution in [2.75, 3.05) is 48.3 Å². The number of aromatic amines is 4. The molecule has 452 valence electrons. The Morgan fingerprint density at radius 2 is 0.765 bits per heavy atom. The third-order valence-electron chi connectivity index (χ3n) is 12.8. The number of carboxylic acid groups (broad SMARTS) is 1. The van der Waals surface area contributed by atoms with Crippen molar-refractivity contribution >= 4 is 46.5 Å². The van der Waals surface area contributed by atoms with E-state index in [1.165, 1.54) is 11.1 Å². The fourth-order valence-electron chi connectivity index (χ4n) is 8.22. The molecule has 4 heterocycles. The molecule has 0 atom stereocenters. The summed E-state index contributed by atoms with van der Waals surface area (Å²) in [5.41, 5.74) is 12.1. The normalized spacial score (nSPS) is 10.2. The van der Waals surface area contributed by atoms with Gasteiger partial charge in [0.05, 0.1) is 48.3 Å². The van der Waals surface area contributed by atoms with E-state index in [-0.39, 0.29) is 41.5 Å². The molecule has 5 N–H and O–H groups in total. The van der Waals surface area contributed by atoms with Crippen molar-refractivity contribution in [1.29, 1.82) is 0 Å². The standard InChI is InChI=1S/C17H19NO4.C17H21NO3.C15H17NO3.C9H9ClO2.C8H11NO2/c1-4-22-17(20)15-10-14(11(2)18-15)16(19)9-12-5-7-13(21-3)8-6-12;1-4-21-17(19)16-11-14(12(2)18-16)8-5-13-6-9-15(20-3)10-7-13;1-10-12(9-14(16-10)15(17)18)6-3-11-4-7-13(19-2)8-5-11;1-12-8-4-2-7(3-5-8)6-9(10)11;1-3-11-8(10)7-5-4-6(2)9-7/h5-8,10,18H,4,9H2,1-3H3;6-7,9-11,18H,4-5,8H2,1-3H3;4-5,7-9,16H,3,6H2,1-2H3,(H,17,18);2-5H,6H2,1H3;4-5,9H,3H2,1-2H3. The highest BCUT2D eigenvalue weighted by molar-refractivity contribution is 6.63. The van der Waals surface area contributed by atoms with Gasteiger partial charge in [0.2, 0.25) is 5.24 Å². The average Bonchev–Trinajstić information content (AvgIpc) is 4.22. The zero-order valence-electron chi connectivity index (χ0n) is 50.1. The number of methoxy groups -OCH3 is 4. The van der Waals surface area contributed by atoms with Gasteiger partial charge in [0.25, 0.3) is 0 Å². The number of halogens is 1. The molecule has 19 heteroatoms. The topological polar surface area (TPSA) is 250 Å². The zero-order valence-corrected chi connectivity index (χ0v) is 50.9. The number of benzene rings is 4. The van der Waals surface area contributed by atoms with E-state index in [4.69, 9.17) is 49.9 Å². The Labute approximate surface area is 501 Å². The van der Waals surface area contributed by atoms with Crippen molar-refractivity contribution in [2.45, 2.75) is 87.0 Å². The summed E-state index contributed by atoms with van der Waals surface area (Å²) >= 11 is 5.22. The van der Waals surface area contributed by atoms with Crippen molar-refractivity contribution in [3.8, 4) is 23.0 Å². The van der Waals surface area contributed by atoms with Crippen LogP contribution in [0.4, 0.5) is 0 Å². The molecule has 8 rings (SSSR count). The number of Topliss-reactive ketones (excluding diaryl/α,β-unsaturated/α-hetero) is 1. The Morgan fingerprint density at radius 1 is 0.412 bits per heavy atom. The molecule has 0 radical (unpaired) electrons. The molecule has 0 saturated heterocycles. The lowest BCUT2D eigenvalue weighted by Crippen LogP contribution is -2.05. The molecule has 0 saturated carbocycles. The summed E-state index contributed by atoms with van der Waals surface area (Å²) < 4.78 is 35.0. The van der Waals surface area contributed by atoms with Crippen LogP contribution in [0.25, 0.3) is 0 Å². The van der Waals surface area contributed by atoms with Gasteiger partial charge in [-0.05, 0) is 198 Å². The van der Waals surface area contributed by atoms with E-state index in [1.54, 1.807) is 86.5 Å². The second-order valence-corrected chi connectivity index (χ2v) is 19.4. The van der Waals surface area contributed by atoms with Crippen LogP contribution in [0, 0.1) is 27.7 Å². The molecule has 0 amide bonds. The van der Waals surface area contributed by atoms with Crippen LogP contribution in [0.15, 0.2) is 127 Å². The van der Waals surface area contributed by atoms with Crippen LogP contribution in [0.3, 0.4) is 0 Å². The molecular weight excluding hydrogens is 1110 g/mol. The molecule has 0 fully saturated rings. The fraction of sp³-hybridized carbons (Fsp3) is 0.303. The number of esters is 3. The van der Waals surface area contributed by atoms with Crippen LogP contribution >= 0.6 is 11.6 Å². The number of hydrogen-bond donors (Lipinski definition) is 5. The number of rotatable bonds is 22. The monoisotopic (exact) mass is 1180 g/mol. The summed E-state index contributed by atoms with van der Waals surface area (Å²) in [6.45, 7) is 14.0. The summed E-state index contributed by atoms with van der Waals surface area (Å²) in [5.74, 6) is 1.23. The van der Waals surface area contributed by atoms with Gasteiger partial charge in [-0.1, -0.05) is 48.5 Å².